The van der Waals surface area contributed by atoms with E-state index in [4.69, 9.17) is 0 Å². The molecule has 1 amide bonds. The molecule has 0 aliphatic carbocycles. The third kappa shape index (κ3) is 4.16. The van der Waals surface area contributed by atoms with Gasteiger partial charge in [0.2, 0.25) is 0 Å². The van der Waals surface area contributed by atoms with E-state index in [1.165, 1.54) is 4.88 Å². The summed E-state index contributed by atoms with van der Waals surface area (Å²) < 4.78 is 0. The fourth-order valence-corrected chi connectivity index (χ4v) is 3.75. The minimum atomic E-state index is -0.170. The number of aliphatic hydroxyl groups is 1. The van der Waals surface area contributed by atoms with Crippen LogP contribution in [-0.2, 0) is 0 Å². The molecule has 0 radical (unpaired) electrons. The van der Waals surface area contributed by atoms with Gasteiger partial charge in [-0.05, 0) is 48.6 Å². The highest BCUT2D eigenvalue weighted by atomic mass is 32.1. The van der Waals surface area contributed by atoms with Gasteiger partial charge in [-0.15, -0.1) is 11.3 Å². The minimum Gasteiger partial charge on any atom is -0.393 e. The third-order valence-corrected chi connectivity index (χ3v) is 5.66. The predicted molar refractivity (Wildman–Crippen MR) is 99.0 cm³/mol. The van der Waals surface area contributed by atoms with Crippen LogP contribution in [0.5, 0.6) is 0 Å². The molecule has 1 aromatic carbocycles. The molecule has 1 aliphatic heterocycles. The van der Waals surface area contributed by atoms with E-state index < -0.39 is 0 Å². The van der Waals surface area contributed by atoms with Crippen LogP contribution in [0.1, 0.15) is 40.9 Å². The molecule has 1 saturated heterocycles. The van der Waals surface area contributed by atoms with E-state index in [1.807, 2.05) is 30.3 Å². The number of hydrogen-bond acceptors (Lipinski definition) is 4. The second-order valence-corrected chi connectivity index (χ2v) is 7.37. The summed E-state index contributed by atoms with van der Waals surface area (Å²) >= 11 is 1.72. The zero-order valence-corrected chi connectivity index (χ0v) is 14.8. The lowest BCUT2D eigenvalue weighted by molar-refractivity contribution is 0.0952. The number of hydrogen-bond donors (Lipinski definition) is 2. The van der Waals surface area contributed by atoms with E-state index >= 15 is 0 Å². The van der Waals surface area contributed by atoms with Crippen molar-refractivity contribution >= 4 is 22.9 Å². The van der Waals surface area contributed by atoms with Crippen molar-refractivity contribution < 1.29 is 9.90 Å². The zero-order valence-electron chi connectivity index (χ0n) is 13.9. The molecule has 2 N–H and O–H groups in total. The molecule has 0 unspecified atom stereocenters. The lowest BCUT2D eigenvalue weighted by atomic mass is 10.1. The highest BCUT2D eigenvalue weighted by Gasteiger charge is 2.17. The third-order valence-electron chi connectivity index (χ3n) is 4.56. The second-order valence-electron chi connectivity index (χ2n) is 6.39. The normalized spacial score (nSPS) is 16.8. The summed E-state index contributed by atoms with van der Waals surface area (Å²) in [6.45, 7) is 4.50. The second kappa shape index (κ2) is 7.81. The Kier molecular flexibility index (Phi) is 5.53. The molecule has 2 heterocycles. The van der Waals surface area contributed by atoms with Crippen LogP contribution in [0.3, 0.4) is 0 Å². The van der Waals surface area contributed by atoms with Gasteiger partial charge in [0.05, 0.1) is 6.10 Å². The standard InChI is InChI=1S/C19H24N2O2S/c1-14(18-3-2-12-24-18)13-20-19(23)15-4-6-16(7-5-15)21-10-8-17(22)9-11-21/h2-7,12,14,17,22H,8-11,13H2,1H3,(H,20,23)/t14-/m0/s1. The lowest BCUT2D eigenvalue weighted by Crippen LogP contribution is -2.35. The van der Waals surface area contributed by atoms with E-state index in [0.717, 1.165) is 31.6 Å². The summed E-state index contributed by atoms with van der Waals surface area (Å²) in [6.07, 6.45) is 1.45. The molecule has 3 rings (SSSR count). The van der Waals surface area contributed by atoms with Crippen LogP contribution in [0, 0.1) is 0 Å². The Hall–Kier alpha value is -1.85. The molecule has 2 aromatic rings. The summed E-state index contributed by atoms with van der Waals surface area (Å²) in [5.74, 6) is 0.298. The SMILES string of the molecule is C[C@@H](CNC(=O)c1ccc(N2CCC(O)CC2)cc1)c1cccs1. The molecule has 1 aliphatic rings. The van der Waals surface area contributed by atoms with Gasteiger partial charge in [0.25, 0.3) is 5.91 Å². The molecule has 1 atom stereocenters. The number of aliphatic hydroxyl groups excluding tert-OH is 1. The first-order valence-electron chi connectivity index (χ1n) is 8.48. The maximum Gasteiger partial charge on any atom is 0.251 e. The maximum atomic E-state index is 12.3. The van der Waals surface area contributed by atoms with Gasteiger partial charge < -0.3 is 15.3 Å². The number of anilines is 1. The first-order valence-corrected chi connectivity index (χ1v) is 9.36. The Bertz CT molecular complexity index is 647. The number of benzene rings is 1. The molecule has 1 fully saturated rings. The van der Waals surface area contributed by atoms with E-state index in [1.54, 1.807) is 11.3 Å². The molecule has 128 valence electrons. The molecular formula is C19H24N2O2S. The summed E-state index contributed by atoms with van der Waals surface area (Å²) in [7, 11) is 0. The molecule has 0 saturated carbocycles. The summed E-state index contributed by atoms with van der Waals surface area (Å²) in [4.78, 5) is 15.8. The Labute approximate surface area is 147 Å². The highest BCUT2D eigenvalue weighted by molar-refractivity contribution is 7.10. The van der Waals surface area contributed by atoms with Gasteiger partial charge in [0.15, 0.2) is 0 Å². The van der Waals surface area contributed by atoms with Gasteiger partial charge in [-0.25, -0.2) is 0 Å². The largest absolute Gasteiger partial charge is 0.393 e. The van der Waals surface area contributed by atoms with Gasteiger partial charge in [0.1, 0.15) is 0 Å². The van der Waals surface area contributed by atoms with Gasteiger partial charge >= 0.3 is 0 Å². The van der Waals surface area contributed by atoms with Crippen LogP contribution in [0.15, 0.2) is 41.8 Å². The molecule has 4 nitrogen and oxygen atoms in total. The van der Waals surface area contributed by atoms with Crippen LogP contribution in [0.2, 0.25) is 0 Å². The van der Waals surface area contributed by atoms with Crippen LogP contribution < -0.4 is 10.2 Å². The molecular weight excluding hydrogens is 320 g/mol. The van der Waals surface area contributed by atoms with Crippen molar-refractivity contribution in [3.63, 3.8) is 0 Å². The number of amides is 1. The van der Waals surface area contributed by atoms with Crippen LogP contribution >= 0.6 is 11.3 Å². The van der Waals surface area contributed by atoms with Crippen molar-refractivity contribution in [2.75, 3.05) is 24.5 Å². The monoisotopic (exact) mass is 344 g/mol. The number of nitrogens with one attached hydrogen (secondary N) is 1. The fourth-order valence-electron chi connectivity index (χ4n) is 2.97. The van der Waals surface area contributed by atoms with Crippen molar-refractivity contribution in [1.29, 1.82) is 0 Å². The minimum absolute atomic E-state index is 0.0287. The van der Waals surface area contributed by atoms with Gasteiger partial charge in [-0.1, -0.05) is 13.0 Å². The Morgan fingerprint density at radius 1 is 1.29 bits per heavy atom. The molecule has 1 aromatic heterocycles. The van der Waals surface area contributed by atoms with Gasteiger partial charge in [-0.3, -0.25) is 4.79 Å². The maximum absolute atomic E-state index is 12.3. The predicted octanol–water partition coefficient (Wildman–Crippen LogP) is 3.24. The smallest absolute Gasteiger partial charge is 0.251 e. The Balaban J connectivity index is 1.54. The summed E-state index contributed by atoms with van der Waals surface area (Å²) in [6, 6.07) is 11.9. The highest BCUT2D eigenvalue weighted by Crippen LogP contribution is 2.21. The zero-order chi connectivity index (χ0) is 16.9. The number of thiophene rings is 1. The topological polar surface area (TPSA) is 52.6 Å². The van der Waals surface area contributed by atoms with Gasteiger partial charge in [0, 0.05) is 41.7 Å². The Morgan fingerprint density at radius 3 is 2.62 bits per heavy atom. The van der Waals surface area contributed by atoms with Crippen molar-refractivity contribution in [2.24, 2.45) is 0 Å². The molecule has 0 spiro atoms. The molecule has 5 heteroatoms. The van der Waals surface area contributed by atoms with Gasteiger partial charge in [-0.2, -0.15) is 0 Å². The lowest BCUT2D eigenvalue weighted by Gasteiger charge is -2.31. The number of rotatable bonds is 5. The number of carbonyl (C=O) groups is 1. The average Bonchev–Trinajstić information content (AvgIpc) is 3.15. The fraction of sp³-hybridized carbons (Fsp3) is 0.421. The van der Waals surface area contributed by atoms with Crippen LogP contribution in [-0.4, -0.2) is 36.8 Å². The first kappa shape index (κ1) is 17.0. The summed E-state index contributed by atoms with van der Waals surface area (Å²) in [5.41, 5.74) is 1.81. The van der Waals surface area contributed by atoms with Crippen LogP contribution in [0.4, 0.5) is 5.69 Å². The van der Waals surface area contributed by atoms with Crippen LogP contribution in [0.25, 0.3) is 0 Å². The average molecular weight is 344 g/mol. The van der Waals surface area contributed by atoms with Crippen molar-refractivity contribution in [1.82, 2.24) is 5.32 Å². The number of carbonyl (C=O) groups excluding carboxylic acids is 1. The van der Waals surface area contributed by atoms with E-state index in [9.17, 15) is 9.90 Å². The van der Waals surface area contributed by atoms with Crippen molar-refractivity contribution in [2.45, 2.75) is 31.8 Å². The van der Waals surface area contributed by atoms with Crippen molar-refractivity contribution in [3.05, 3.63) is 52.2 Å². The molecule has 24 heavy (non-hydrogen) atoms. The number of piperidine rings is 1. The number of nitrogens with zero attached hydrogens (tertiary/aromatic N) is 1. The van der Waals surface area contributed by atoms with E-state index in [2.05, 4.69) is 28.6 Å². The van der Waals surface area contributed by atoms with E-state index in [-0.39, 0.29) is 12.0 Å². The quantitative estimate of drug-likeness (QED) is 0.875. The Morgan fingerprint density at radius 2 is 2.00 bits per heavy atom. The first-order chi connectivity index (χ1) is 11.6. The summed E-state index contributed by atoms with van der Waals surface area (Å²) in [5, 5.41) is 14.7. The van der Waals surface area contributed by atoms with E-state index in [0.29, 0.717) is 18.0 Å². The molecule has 0 bridgehead atoms. The van der Waals surface area contributed by atoms with Crippen molar-refractivity contribution in [3.8, 4) is 0 Å².